The smallest absolute Gasteiger partial charge is 0.235 e. The van der Waals surface area contributed by atoms with Crippen LogP contribution in [0.25, 0.3) is 5.65 Å². The topological polar surface area (TPSA) is 83.1 Å². The van der Waals surface area contributed by atoms with Gasteiger partial charge in [-0.25, -0.2) is 0 Å². The molecule has 0 bridgehead atoms. The molecule has 3 heterocycles. The highest BCUT2D eigenvalue weighted by molar-refractivity contribution is 7.99. The molecule has 3 aromatic heterocycles. The molecule has 0 spiro atoms. The molecule has 1 atom stereocenters. The molecule has 4 rings (SSSR count). The van der Waals surface area contributed by atoms with E-state index in [0.717, 1.165) is 30.5 Å². The van der Waals surface area contributed by atoms with Crippen molar-refractivity contribution < 1.29 is 4.79 Å². The number of nitrogens with zero attached hydrogens (tertiary/aromatic N) is 4. The van der Waals surface area contributed by atoms with Crippen LogP contribution in [-0.4, -0.2) is 26.3 Å². The lowest BCUT2D eigenvalue weighted by molar-refractivity contribution is -0.113. The lowest BCUT2D eigenvalue weighted by Crippen LogP contribution is -2.14. The Kier molecular flexibility index (Phi) is 4.66. The molecule has 1 N–H and O–H groups in total. The van der Waals surface area contributed by atoms with E-state index >= 15 is 0 Å². The van der Waals surface area contributed by atoms with Crippen molar-refractivity contribution in [3.63, 3.8) is 0 Å². The minimum atomic E-state index is -0.133. The number of aromatic nitrogens is 3. The highest BCUT2D eigenvalue weighted by Gasteiger charge is 2.24. The average Bonchev–Trinajstić information content (AvgIpc) is 3.20. The Bertz CT molecular complexity index is 1020. The first-order valence-electron chi connectivity index (χ1n) is 8.42. The number of thioether (sulfide) groups is 1. The third-order valence-corrected chi connectivity index (χ3v) is 6.60. The van der Waals surface area contributed by atoms with Crippen LogP contribution in [0, 0.1) is 17.2 Å². The van der Waals surface area contributed by atoms with Gasteiger partial charge in [-0.1, -0.05) is 24.8 Å². The number of amides is 1. The molecule has 8 heteroatoms. The largest absolute Gasteiger partial charge is 0.316 e. The number of thiophene rings is 1. The van der Waals surface area contributed by atoms with Gasteiger partial charge in [0.1, 0.15) is 11.1 Å². The molecule has 1 aliphatic rings. The molecule has 0 saturated heterocycles. The second-order valence-corrected chi connectivity index (χ2v) is 8.46. The molecular weight excluding hydrogens is 366 g/mol. The van der Waals surface area contributed by atoms with Crippen molar-refractivity contribution in [3.8, 4) is 6.07 Å². The first-order valence-corrected chi connectivity index (χ1v) is 10.2. The van der Waals surface area contributed by atoms with Gasteiger partial charge in [0.2, 0.25) is 5.91 Å². The Morgan fingerprint density at radius 3 is 3.23 bits per heavy atom. The fourth-order valence-electron chi connectivity index (χ4n) is 3.17. The Morgan fingerprint density at radius 2 is 2.38 bits per heavy atom. The number of carbonyl (C=O) groups is 1. The van der Waals surface area contributed by atoms with Gasteiger partial charge >= 0.3 is 0 Å². The number of hydrogen-bond donors (Lipinski definition) is 1. The van der Waals surface area contributed by atoms with Crippen LogP contribution in [0.4, 0.5) is 5.00 Å². The normalized spacial score (nSPS) is 16.2. The molecule has 0 aliphatic heterocycles. The van der Waals surface area contributed by atoms with Crippen molar-refractivity contribution in [3.05, 3.63) is 40.4 Å². The van der Waals surface area contributed by atoms with E-state index in [0.29, 0.717) is 21.6 Å². The number of carbonyl (C=O) groups excluding carboxylic acids is 1. The average molecular weight is 384 g/mol. The first kappa shape index (κ1) is 17.1. The summed E-state index contributed by atoms with van der Waals surface area (Å²) in [5.41, 5.74) is 2.52. The van der Waals surface area contributed by atoms with Crippen LogP contribution in [-0.2, 0) is 17.6 Å². The van der Waals surface area contributed by atoms with Crippen LogP contribution in [0.1, 0.15) is 29.3 Å². The van der Waals surface area contributed by atoms with E-state index < -0.39 is 0 Å². The van der Waals surface area contributed by atoms with Gasteiger partial charge in [-0.05, 0) is 42.9 Å². The molecule has 26 heavy (non-hydrogen) atoms. The number of rotatable bonds is 4. The molecule has 0 unspecified atom stereocenters. The summed E-state index contributed by atoms with van der Waals surface area (Å²) in [5.74, 6) is 0.721. The molecule has 1 amide bonds. The number of anilines is 1. The second kappa shape index (κ2) is 7.09. The monoisotopic (exact) mass is 383 g/mol. The summed E-state index contributed by atoms with van der Waals surface area (Å²) < 4.78 is 1.85. The molecular formula is C18H17N5OS2. The highest BCUT2D eigenvalue weighted by atomic mass is 32.2. The van der Waals surface area contributed by atoms with Crippen molar-refractivity contribution in [1.82, 2.24) is 14.6 Å². The quantitative estimate of drug-likeness (QED) is 0.697. The summed E-state index contributed by atoms with van der Waals surface area (Å²) in [6.07, 6.45) is 4.89. The van der Waals surface area contributed by atoms with Crippen LogP contribution in [0.3, 0.4) is 0 Å². The number of hydrogen-bond acceptors (Lipinski definition) is 6. The van der Waals surface area contributed by atoms with E-state index in [1.165, 1.54) is 16.6 Å². The molecule has 132 valence electrons. The maximum absolute atomic E-state index is 12.4. The summed E-state index contributed by atoms with van der Waals surface area (Å²) in [6, 6.07) is 7.95. The van der Waals surface area contributed by atoms with Gasteiger partial charge in [0, 0.05) is 11.1 Å². The second-order valence-electron chi connectivity index (χ2n) is 6.42. The third-order valence-electron chi connectivity index (χ3n) is 4.49. The predicted octanol–water partition coefficient (Wildman–Crippen LogP) is 3.52. The van der Waals surface area contributed by atoms with E-state index in [1.54, 1.807) is 11.3 Å². The lowest BCUT2D eigenvalue weighted by Gasteiger charge is -2.17. The fraction of sp³-hybridized carbons (Fsp3) is 0.333. The van der Waals surface area contributed by atoms with Gasteiger partial charge in [0.25, 0.3) is 0 Å². The standard InChI is InChI=1S/C18H17N5OS2/c1-11-5-6-12-13(9-19)17(26-14(12)8-11)20-16(24)10-25-18-22-21-15-4-2-3-7-23(15)18/h2-4,7,11H,5-6,8,10H2,1H3,(H,20,24)/t11-/m1/s1. The Morgan fingerprint density at radius 1 is 1.50 bits per heavy atom. The Labute approximate surface area is 159 Å². The van der Waals surface area contributed by atoms with Gasteiger partial charge in [-0.3, -0.25) is 9.20 Å². The molecule has 3 aromatic rings. The summed E-state index contributed by atoms with van der Waals surface area (Å²) in [5, 5.41) is 22.0. The number of nitriles is 1. The number of fused-ring (bicyclic) bond motifs is 2. The van der Waals surface area contributed by atoms with Gasteiger partial charge in [-0.2, -0.15) is 5.26 Å². The highest BCUT2D eigenvalue weighted by Crippen LogP contribution is 2.39. The molecule has 0 saturated carbocycles. The van der Waals surface area contributed by atoms with E-state index in [-0.39, 0.29) is 11.7 Å². The van der Waals surface area contributed by atoms with Crippen molar-refractivity contribution in [2.45, 2.75) is 31.3 Å². The maximum Gasteiger partial charge on any atom is 0.235 e. The zero-order valence-electron chi connectivity index (χ0n) is 14.2. The minimum Gasteiger partial charge on any atom is -0.316 e. The summed E-state index contributed by atoms with van der Waals surface area (Å²) in [7, 11) is 0. The van der Waals surface area contributed by atoms with Gasteiger partial charge in [0.15, 0.2) is 10.8 Å². The number of nitrogens with one attached hydrogen (secondary N) is 1. The van der Waals surface area contributed by atoms with Crippen molar-refractivity contribution in [2.75, 3.05) is 11.1 Å². The van der Waals surface area contributed by atoms with Crippen molar-refractivity contribution in [2.24, 2.45) is 5.92 Å². The molecule has 0 radical (unpaired) electrons. The van der Waals surface area contributed by atoms with Gasteiger partial charge in [0.05, 0.1) is 11.3 Å². The lowest BCUT2D eigenvalue weighted by atomic mass is 9.89. The minimum absolute atomic E-state index is 0.133. The molecule has 6 nitrogen and oxygen atoms in total. The van der Waals surface area contributed by atoms with Crippen LogP contribution in [0.2, 0.25) is 0 Å². The van der Waals surface area contributed by atoms with E-state index in [2.05, 4.69) is 28.5 Å². The third kappa shape index (κ3) is 3.20. The predicted molar refractivity (Wildman–Crippen MR) is 103 cm³/mol. The fourth-order valence-corrected chi connectivity index (χ4v) is 5.27. The summed E-state index contributed by atoms with van der Waals surface area (Å²) >= 11 is 2.88. The first-order chi connectivity index (χ1) is 12.7. The SMILES string of the molecule is C[C@@H]1CCc2c(sc(NC(=O)CSc3nnc4ccccn34)c2C#N)C1. The number of pyridine rings is 1. The van der Waals surface area contributed by atoms with Crippen LogP contribution in [0.5, 0.6) is 0 Å². The van der Waals surface area contributed by atoms with Crippen LogP contribution >= 0.6 is 23.1 Å². The Balaban J connectivity index is 1.46. The van der Waals surface area contributed by atoms with Crippen LogP contribution < -0.4 is 5.32 Å². The van der Waals surface area contributed by atoms with E-state index in [4.69, 9.17) is 0 Å². The molecule has 0 aromatic carbocycles. The zero-order chi connectivity index (χ0) is 18.1. The van der Waals surface area contributed by atoms with Crippen molar-refractivity contribution >= 4 is 39.7 Å². The Hall–Kier alpha value is -2.37. The van der Waals surface area contributed by atoms with Gasteiger partial charge < -0.3 is 5.32 Å². The maximum atomic E-state index is 12.4. The van der Waals surface area contributed by atoms with E-state index in [1.807, 2.05) is 28.8 Å². The van der Waals surface area contributed by atoms with Crippen molar-refractivity contribution in [1.29, 1.82) is 5.26 Å². The summed E-state index contributed by atoms with van der Waals surface area (Å²) in [6.45, 7) is 2.23. The summed E-state index contributed by atoms with van der Waals surface area (Å²) in [4.78, 5) is 13.6. The zero-order valence-corrected chi connectivity index (χ0v) is 15.9. The molecule has 1 aliphatic carbocycles. The van der Waals surface area contributed by atoms with E-state index in [9.17, 15) is 10.1 Å². The van der Waals surface area contributed by atoms with Gasteiger partial charge in [-0.15, -0.1) is 21.5 Å². The van der Waals surface area contributed by atoms with Crippen LogP contribution in [0.15, 0.2) is 29.6 Å². The molecule has 0 fully saturated rings.